The fourth-order valence-corrected chi connectivity index (χ4v) is 4.71. The predicted molar refractivity (Wildman–Crippen MR) is 106 cm³/mol. The first-order valence-electron chi connectivity index (χ1n) is 8.87. The van der Waals surface area contributed by atoms with Crippen molar-refractivity contribution < 1.29 is 24.2 Å². The summed E-state index contributed by atoms with van der Waals surface area (Å²) < 4.78 is 4.93. The lowest BCUT2D eigenvalue weighted by atomic mass is 10.0. The number of nitrogens with two attached hydrogens (primary N) is 1. The summed E-state index contributed by atoms with van der Waals surface area (Å²) >= 11 is 1.41. The number of carbonyl (C=O) groups is 3. The Labute approximate surface area is 169 Å². The molecule has 152 valence electrons. The number of esters is 1. The summed E-state index contributed by atoms with van der Waals surface area (Å²) in [6.07, 6.45) is 0. The van der Waals surface area contributed by atoms with E-state index in [0.29, 0.717) is 23.8 Å². The number of nitrogens with one attached hydrogen (secondary N) is 2. The molecule has 0 spiro atoms. The van der Waals surface area contributed by atoms with Gasteiger partial charge in [-0.25, -0.2) is 9.78 Å². The highest BCUT2D eigenvalue weighted by molar-refractivity contribution is 8.00. The van der Waals surface area contributed by atoms with Crippen LogP contribution in [0, 0.1) is 0 Å². The summed E-state index contributed by atoms with van der Waals surface area (Å²) in [4.78, 5) is 44.3. The Bertz CT molecular complexity index is 1050. The fraction of sp³-hybridized carbons (Fsp3) is 0.333. The molecule has 5 N–H and O–H groups in total. The molecule has 1 amide bonds. The van der Waals surface area contributed by atoms with Crippen LogP contribution in [0.3, 0.4) is 0 Å². The molecule has 0 bridgehead atoms. The van der Waals surface area contributed by atoms with Crippen LogP contribution in [0.25, 0.3) is 11.0 Å². The minimum atomic E-state index is -1.22. The molecule has 2 aliphatic rings. The predicted octanol–water partition coefficient (Wildman–Crippen LogP) is 0.619. The highest BCUT2D eigenvalue weighted by Gasteiger charge is 2.54. The van der Waals surface area contributed by atoms with Crippen LogP contribution in [0.2, 0.25) is 0 Å². The number of anilines is 1. The van der Waals surface area contributed by atoms with Gasteiger partial charge in [0.2, 0.25) is 5.95 Å². The SMILES string of the molecule is CC(=O)OCC1=C(C(=O)O)N2C(=O)C(Nc3nc4ccc(CN)cc4[nH]3)[C@@H]2SC1. The van der Waals surface area contributed by atoms with Crippen molar-refractivity contribution in [2.24, 2.45) is 5.73 Å². The van der Waals surface area contributed by atoms with Crippen molar-refractivity contribution in [3.8, 4) is 0 Å². The number of nitrogens with zero attached hydrogens (tertiary/aromatic N) is 2. The van der Waals surface area contributed by atoms with E-state index in [1.165, 1.54) is 23.6 Å². The van der Waals surface area contributed by atoms with Crippen LogP contribution < -0.4 is 11.1 Å². The summed E-state index contributed by atoms with van der Waals surface area (Å²) in [5.74, 6) is -1.32. The van der Waals surface area contributed by atoms with Crippen LogP contribution in [0.4, 0.5) is 5.95 Å². The summed E-state index contributed by atoms with van der Waals surface area (Å²) in [6, 6.07) is 5.01. The van der Waals surface area contributed by atoms with Crippen molar-refractivity contribution in [2.45, 2.75) is 24.9 Å². The largest absolute Gasteiger partial charge is 0.477 e. The topological polar surface area (TPSA) is 151 Å². The summed E-state index contributed by atoms with van der Waals surface area (Å²) in [7, 11) is 0. The maximum atomic E-state index is 12.7. The standard InChI is InChI=1S/C18H19N5O5S/c1-8(24)28-6-10-7-29-16-13(15(25)23(16)14(10)17(26)27)22-18-20-11-3-2-9(5-19)4-12(11)21-18/h2-4,13,16H,5-7,19H2,1H3,(H,26,27)(H2,20,21,22)/t13?,16-/m0/s1. The molecule has 1 saturated heterocycles. The van der Waals surface area contributed by atoms with Crippen molar-refractivity contribution in [1.82, 2.24) is 14.9 Å². The number of β-lactam (4-membered cyclic amide) rings is 1. The lowest BCUT2D eigenvalue weighted by Gasteiger charge is -2.49. The molecule has 1 aromatic carbocycles. The van der Waals surface area contributed by atoms with Gasteiger partial charge in [-0.15, -0.1) is 11.8 Å². The Kier molecular flexibility index (Phi) is 4.92. The molecule has 3 heterocycles. The van der Waals surface area contributed by atoms with Gasteiger partial charge in [0, 0.05) is 24.8 Å². The van der Waals surface area contributed by atoms with Gasteiger partial charge in [-0.1, -0.05) is 6.07 Å². The molecule has 4 rings (SSSR count). The Hall–Kier alpha value is -3.05. The van der Waals surface area contributed by atoms with Gasteiger partial charge in [0.25, 0.3) is 5.91 Å². The molecule has 2 aliphatic heterocycles. The number of carboxylic acid groups (broad SMARTS) is 1. The molecule has 1 unspecified atom stereocenters. The molecular formula is C18H19N5O5S. The number of aliphatic carboxylic acids is 1. The second-order valence-electron chi connectivity index (χ2n) is 6.71. The van der Waals surface area contributed by atoms with E-state index in [4.69, 9.17) is 10.5 Å². The average molecular weight is 417 g/mol. The number of hydrogen-bond acceptors (Lipinski definition) is 8. The van der Waals surface area contributed by atoms with E-state index in [-0.39, 0.29) is 23.6 Å². The smallest absolute Gasteiger partial charge is 0.352 e. The van der Waals surface area contributed by atoms with E-state index >= 15 is 0 Å². The summed E-state index contributed by atoms with van der Waals surface area (Å²) in [5.41, 5.74) is 8.43. The van der Waals surface area contributed by atoms with E-state index in [1.54, 1.807) is 0 Å². The van der Waals surface area contributed by atoms with Crippen molar-refractivity contribution >= 4 is 46.6 Å². The van der Waals surface area contributed by atoms with E-state index in [1.807, 2.05) is 18.2 Å². The van der Waals surface area contributed by atoms with Crippen LogP contribution in [0.15, 0.2) is 29.5 Å². The summed E-state index contributed by atoms with van der Waals surface area (Å²) in [5, 5.41) is 12.3. The van der Waals surface area contributed by atoms with Gasteiger partial charge < -0.3 is 25.9 Å². The van der Waals surface area contributed by atoms with Gasteiger partial charge >= 0.3 is 11.9 Å². The average Bonchev–Trinajstić information content (AvgIpc) is 3.11. The second-order valence-corrected chi connectivity index (χ2v) is 7.82. The van der Waals surface area contributed by atoms with E-state index in [0.717, 1.165) is 16.6 Å². The highest BCUT2D eigenvalue weighted by atomic mass is 32.2. The molecule has 0 saturated carbocycles. The number of rotatable bonds is 6. The number of aromatic nitrogens is 2. The number of H-pyrrole nitrogens is 1. The van der Waals surface area contributed by atoms with Gasteiger partial charge in [-0.2, -0.15) is 0 Å². The zero-order chi connectivity index (χ0) is 20.7. The zero-order valence-electron chi connectivity index (χ0n) is 15.5. The molecule has 10 nitrogen and oxygen atoms in total. The molecule has 2 atom stereocenters. The van der Waals surface area contributed by atoms with Gasteiger partial charge in [-0.05, 0) is 17.7 Å². The van der Waals surface area contributed by atoms with Crippen molar-refractivity contribution in [3.63, 3.8) is 0 Å². The van der Waals surface area contributed by atoms with E-state index < -0.39 is 18.0 Å². The van der Waals surface area contributed by atoms with E-state index in [9.17, 15) is 19.5 Å². The van der Waals surface area contributed by atoms with Crippen molar-refractivity contribution in [3.05, 3.63) is 35.0 Å². The number of fused-ring (bicyclic) bond motifs is 2. The van der Waals surface area contributed by atoms with Gasteiger partial charge in [0.15, 0.2) is 0 Å². The minimum Gasteiger partial charge on any atom is -0.477 e. The molecule has 1 fully saturated rings. The Balaban J connectivity index is 1.54. The fourth-order valence-electron chi connectivity index (χ4n) is 3.38. The third-order valence-electron chi connectivity index (χ3n) is 4.77. The minimum absolute atomic E-state index is 0.116. The van der Waals surface area contributed by atoms with Crippen LogP contribution >= 0.6 is 11.8 Å². The van der Waals surface area contributed by atoms with Gasteiger partial charge in [0.05, 0.1) is 11.0 Å². The normalized spacial score (nSPS) is 21.0. The maximum absolute atomic E-state index is 12.7. The van der Waals surface area contributed by atoms with Crippen LogP contribution in [0.1, 0.15) is 12.5 Å². The Morgan fingerprint density at radius 2 is 2.28 bits per heavy atom. The number of aromatic amines is 1. The van der Waals surface area contributed by atoms with Crippen LogP contribution in [-0.4, -0.2) is 61.6 Å². The van der Waals surface area contributed by atoms with Crippen molar-refractivity contribution in [2.75, 3.05) is 17.7 Å². The number of hydrogen-bond donors (Lipinski definition) is 4. The quantitative estimate of drug-likeness (QED) is 0.392. The first-order chi connectivity index (χ1) is 13.9. The number of carboxylic acids is 1. The number of amides is 1. The lowest BCUT2D eigenvalue weighted by molar-refractivity contribution is -0.147. The lowest BCUT2D eigenvalue weighted by Crippen LogP contribution is -2.67. The summed E-state index contributed by atoms with van der Waals surface area (Å²) in [6.45, 7) is 1.51. The first-order valence-corrected chi connectivity index (χ1v) is 9.92. The molecule has 0 aliphatic carbocycles. The Morgan fingerprint density at radius 3 is 2.97 bits per heavy atom. The molecular weight excluding hydrogens is 398 g/mol. The van der Waals surface area contributed by atoms with Crippen LogP contribution in [0.5, 0.6) is 0 Å². The third-order valence-corrected chi connectivity index (χ3v) is 6.11. The van der Waals surface area contributed by atoms with Gasteiger partial charge in [0.1, 0.15) is 23.7 Å². The molecule has 2 aromatic rings. The number of imidazole rings is 1. The zero-order valence-corrected chi connectivity index (χ0v) is 16.3. The van der Waals surface area contributed by atoms with Gasteiger partial charge in [-0.3, -0.25) is 14.5 Å². The molecule has 11 heteroatoms. The second kappa shape index (κ2) is 7.41. The molecule has 0 radical (unpaired) electrons. The van der Waals surface area contributed by atoms with Crippen LogP contribution in [-0.2, 0) is 25.7 Å². The number of benzene rings is 1. The molecule has 1 aromatic heterocycles. The number of carbonyl (C=O) groups excluding carboxylic acids is 2. The number of ether oxygens (including phenoxy) is 1. The first kappa shape index (κ1) is 19.3. The van der Waals surface area contributed by atoms with Crippen molar-refractivity contribution in [1.29, 1.82) is 0 Å². The third kappa shape index (κ3) is 3.42. The van der Waals surface area contributed by atoms with E-state index in [2.05, 4.69) is 15.3 Å². The maximum Gasteiger partial charge on any atom is 0.352 e. The monoisotopic (exact) mass is 417 g/mol. The number of thioether (sulfide) groups is 1. The highest BCUT2D eigenvalue weighted by Crippen LogP contribution is 2.41. The molecule has 29 heavy (non-hydrogen) atoms. The Morgan fingerprint density at radius 1 is 1.48 bits per heavy atom.